The van der Waals surface area contributed by atoms with Crippen LogP contribution in [0.1, 0.15) is 24.2 Å². The van der Waals surface area contributed by atoms with E-state index in [4.69, 9.17) is 28.9 Å². The zero-order valence-corrected chi connectivity index (χ0v) is 15.3. The van der Waals surface area contributed by atoms with Crippen LogP contribution in [0.15, 0.2) is 41.3 Å². The number of halogens is 2. The summed E-state index contributed by atoms with van der Waals surface area (Å²) in [7, 11) is -3.60. The highest BCUT2D eigenvalue weighted by molar-refractivity contribution is 7.92. The van der Waals surface area contributed by atoms with Crippen LogP contribution in [0.4, 0.5) is 11.4 Å². The average molecular weight is 387 g/mol. The van der Waals surface area contributed by atoms with Crippen molar-refractivity contribution < 1.29 is 13.2 Å². The monoisotopic (exact) mass is 386 g/mol. The minimum Gasteiger partial charge on any atom is -0.396 e. The first-order chi connectivity index (χ1) is 11.1. The van der Waals surface area contributed by atoms with Gasteiger partial charge in [0.05, 0.1) is 31.4 Å². The van der Waals surface area contributed by atoms with E-state index in [1.807, 2.05) is 0 Å². The summed E-state index contributed by atoms with van der Waals surface area (Å²) in [4.78, 5) is 12.5. The summed E-state index contributed by atoms with van der Waals surface area (Å²) in [6, 6.07) is 8.92. The average Bonchev–Trinajstić information content (AvgIpc) is 2.52. The number of sulfone groups is 1. The molecule has 24 heavy (non-hydrogen) atoms. The molecule has 0 saturated heterocycles. The van der Waals surface area contributed by atoms with E-state index >= 15 is 0 Å². The summed E-state index contributed by atoms with van der Waals surface area (Å²) in [6.45, 7) is 3.12. The number of nitrogens with two attached hydrogens (primary N) is 1. The predicted octanol–water partition coefficient (Wildman–Crippen LogP) is 4.01. The van der Waals surface area contributed by atoms with Crippen LogP contribution in [0.3, 0.4) is 0 Å². The zero-order chi connectivity index (χ0) is 18.1. The second-order valence-electron chi connectivity index (χ2n) is 5.40. The van der Waals surface area contributed by atoms with E-state index in [1.54, 1.807) is 26.0 Å². The highest BCUT2D eigenvalue weighted by Crippen LogP contribution is 2.31. The molecule has 0 aliphatic rings. The van der Waals surface area contributed by atoms with Gasteiger partial charge in [-0.05, 0) is 38.1 Å². The number of anilines is 2. The Kier molecular flexibility index (Phi) is 5.42. The first kappa shape index (κ1) is 18.6. The Hall–Kier alpha value is -1.76. The number of rotatable bonds is 4. The first-order valence-electron chi connectivity index (χ1n) is 7.03. The highest BCUT2D eigenvalue weighted by atomic mass is 35.5. The Morgan fingerprint density at radius 1 is 1.12 bits per heavy atom. The van der Waals surface area contributed by atoms with E-state index in [2.05, 4.69) is 5.32 Å². The van der Waals surface area contributed by atoms with Crippen LogP contribution in [0.5, 0.6) is 0 Å². The number of nitrogen functional groups attached to an aromatic ring is 1. The summed E-state index contributed by atoms with van der Waals surface area (Å²) >= 11 is 11.9. The van der Waals surface area contributed by atoms with Crippen molar-refractivity contribution in [1.29, 1.82) is 0 Å². The van der Waals surface area contributed by atoms with Gasteiger partial charge in [-0.3, -0.25) is 4.79 Å². The maximum atomic E-state index is 12.5. The second-order valence-corrected chi connectivity index (χ2v) is 8.68. The van der Waals surface area contributed by atoms with Gasteiger partial charge in [0, 0.05) is 5.69 Å². The van der Waals surface area contributed by atoms with Gasteiger partial charge in [0.15, 0.2) is 9.84 Å². The fourth-order valence-electron chi connectivity index (χ4n) is 2.01. The summed E-state index contributed by atoms with van der Waals surface area (Å²) in [5.74, 6) is -0.577. The molecule has 0 aliphatic heterocycles. The van der Waals surface area contributed by atoms with Gasteiger partial charge < -0.3 is 11.1 Å². The fraction of sp³-hybridized carbons (Fsp3) is 0.188. The molecule has 8 heteroatoms. The molecule has 0 radical (unpaired) electrons. The number of hydrogen-bond acceptors (Lipinski definition) is 4. The molecule has 3 N–H and O–H groups in total. The molecule has 1 amide bonds. The molecule has 2 aromatic carbocycles. The first-order valence-corrected chi connectivity index (χ1v) is 9.33. The van der Waals surface area contributed by atoms with Gasteiger partial charge in [-0.25, -0.2) is 8.42 Å². The second kappa shape index (κ2) is 7.01. The number of hydrogen-bond donors (Lipinski definition) is 2. The van der Waals surface area contributed by atoms with Crippen LogP contribution in [0.2, 0.25) is 10.0 Å². The molecule has 0 spiro atoms. The van der Waals surface area contributed by atoms with Crippen molar-refractivity contribution in [2.24, 2.45) is 0 Å². The van der Waals surface area contributed by atoms with E-state index in [0.717, 1.165) is 0 Å². The maximum Gasteiger partial charge on any atom is 0.256 e. The molecule has 0 bridgehead atoms. The van der Waals surface area contributed by atoms with Gasteiger partial charge >= 0.3 is 0 Å². The van der Waals surface area contributed by atoms with Crippen molar-refractivity contribution in [1.82, 2.24) is 0 Å². The molecule has 5 nitrogen and oxygen atoms in total. The SMILES string of the molecule is CC(C)S(=O)(=O)c1ccccc1C(=O)Nc1cc(Cl)c(N)c(Cl)c1. The van der Waals surface area contributed by atoms with Gasteiger partial charge in [-0.15, -0.1) is 0 Å². The highest BCUT2D eigenvalue weighted by Gasteiger charge is 2.25. The van der Waals surface area contributed by atoms with Crippen molar-refractivity contribution in [2.45, 2.75) is 24.0 Å². The van der Waals surface area contributed by atoms with Crippen LogP contribution in [0.25, 0.3) is 0 Å². The van der Waals surface area contributed by atoms with E-state index in [1.165, 1.54) is 24.3 Å². The lowest BCUT2D eigenvalue weighted by Gasteiger charge is -2.13. The van der Waals surface area contributed by atoms with Crippen LogP contribution < -0.4 is 11.1 Å². The molecule has 0 unspecified atom stereocenters. The number of carbonyl (C=O) groups is 1. The molecule has 0 saturated carbocycles. The van der Waals surface area contributed by atoms with Gasteiger partial charge in [0.25, 0.3) is 5.91 Å². The van der Waals surface area contributed by atoms with Crippen molar-refractivity contribution in [3.05, 3.63) is 52.0 Å². The molecule has 2 aromatic rings. The number of carbonyl (C=O) groups excluding carboxylic acids is 1. The van der Waals surface area contributed by atoms with E-state index < -0.39 is 21.0 Å². The standard InChI is InChI=1S/C16H16Cl2N2O3S/c1-9(2)24(22,23)14-6-4-3-5-11(14)16(21)20-10-7-12(17)15(19)13(18)8-10/h3-9H,19H2,1-2H3,(H,20,21). The molecule has 2 rings (SSSR count). The Morgan fingerprint density at radius 2 is 1.67 bits per heavy atom. The fourth-order valence-corrected chi connectivity index (χ4v) is 3.74. The molecule has 128 valence electrons. The zero-order valence-electron chi connectivity index (χ0n) is 13.0. The van der Waals surface area contributed by atoms with Gasteiger partial charge in [-0.1, -0.05) is 35.3 Å². The minimum absolute atomic E-state index is 0.0230. The van der Waals surface area contributed by atoms with E-state index in [-0.39, 0.29) is 26.2 Å². The Morgan fingerprint density at radius 3 is 2.21 bits per heavy atom. The molecule has 0 fully saturated rings. The third-order valence-corrected chi connectivity index (χ3v) is 6.23. The van der Waals surface area contributed by atoms with E-state index in [0.29, 0.717) is 5.69 Å². The molecular weight excluding hydrogens is 371 g/mol. The maximum absolute atomic E-state index is 12.5. The van der Waals surface area contributed by atoms with E-state index in [9.17, 15) is 13.2 Å². The molecular formula is C16H16Cl2N2O3S. The molecule has 0 atom stereocenters. The third kappa shape index (κ3) is 3.66. The Balaban J connectivity index is 2.42. The van der Waals surface area contributed by atoms with Crippen LogP contribution in [-0.2, 0) is 9.84 Å². The van der Waals surface area contributed by atoms with Gasteiger partial charge in [0.2, 0.25) is 0 Å². The lowest BCUT2D eigenvalue weighted by Crippen LogP contribution is -2.20. The van der Waals surface area contributed by atoms with Crippen LogP contribution in [0, 0.1) is 0 Å². The summed E-state index contributed by atoms with van der Waals surface area (Å²) in [5, 5.41) is 2.33. The molecule has 0 aliphatic carbocycles. The molecule has 0 aromatic heterocycles. The lowest BCUT2D eigenvalue weighted by molar-refractivity contribution is 0.102. The lowest BCUT2D eigenvalue weighted by atomic mass is 10.2. The summed E-state index contributed by atoms with van der Waals surface area (Å²) < 4.78 is 24.8. The summed E-state index contributed by atoms with van der Waals surface area (Å²) in [5.41, 5.74) is 6.23. The Labute approximate surface area is 150 Å². The van der Waals surface area contributed by atoms with Crippen LogP contribution >= 0.6 is 23.2 Å². The topological polar surface area (TPSA) is 89.3 Å². The smallest absolute Gasteiger partial charge is 0.256 e. The quantitative estimate of drug-likeness (QED) is 0.776. The van der Waals surface area contributed by atoms with Crippen molar-refractivity contribution in [3.63, 3.8) is 0 Å². The van der Waals surface area contributed by atoms with Crippen molar-refractivity contribution >= 4 is 50.3 Å². The normalized spacial score (nSPS) is 11.5. The summed E-state index contributed by atoms with van der Waals surface area (Å²) in [6.07, 6.45) is 0. The predicted molar refractivity (Wildman–Crippen MR) is 97.6 cm³/mol. The molecule has 0 heterocycles. The number of benzene rings is 2. The number of nitrogens with one attached hydrogen (secondary N) is 1. The van der Waals surface area contributed by atoms with Gasteiger partial charge in [-0.2, -0.15) is 0 Å². The van der Waals surface area contributed by atoms with Gasteiger partial charge in [0.1, 0.15) is 0 Å². The Bertz CT molecular complexity index is 873. The van der Waals surface area contributed by atoms with Crippen molar-refractivity contribution in [2.75, 3.05) is 11.1 Å². The van der Waals surface area contributed by atoms with Crippen LogP contribution in [-0.4, -0.2) is 19.6 Å². The van der Waals surface area contributed by atoms with Crippen molar-refractivity contribution in [3.8, 4) is 0 Å². The third-order valence-electron chi connectivity index (χ3n) is 3.40. The largest absolute Gasteiger partial charge is 0.396 e. The number of amides is 1. The minimum atomic E-state index is -3.60.